The first-order valence-corrected chi connectivity index (χ1v) is 8.34. The molecule has 0 aliphatic rings. The molecule has 0 aliphatic heterocycles. The third-order valence-electron chi connectivity index (χ3n) is 4.07. The molecule has 1 unspecified atom stereocenters. The highest BCUT2D eigenvalue weighted by atomic mass is 35.5. The normalized spacial score (nSPS) is 12.6. The van der Waals surface area contributed by atoms with Gasteiger partial charge in [-0.2, -0.15) is 13.2 Å². The van der Waals surface area contributed by atoms with Crippen LogP contribution in [0.4, 0.5) is 13.2 Å². The summed E-state index contributed by atoms with van der Waals surface area (Å²) in [5.74, 6) is 0.0734. The Morgan fingerprint density at radius 1 is 1.11 bits per heavy atom. The fourth-order valence-corrected chi connectivity index (χ4v) is 2.76. The van der Waals surface area contributed by atoms with E-state index in [0.717, 1.165) is 29.8 Å². The van der Waals surface area contributed by atoms with Gasteiger partial charge in [0.15, 0.2) is 0 Å². The van der Waals surface area contributed by atoms with Gasteiger partial charge in [0, 0.05) is 30.0 Å². The fraction of sp³-hybridized carbons (Fsp3) is 0.158. The van der Waals surface area contributed by atoms with Gasteiger partial charge in [0.2, 0.25) is 0 Å². The van der Waals surface area contributed by atoms with E-state index in [2.05, 4.69) is 10.3 Å². The van der Waals surface area contributed by atoms with E-state index in [-0.39, 0.29) is 5.56 Å². The minimum Gasteiger partial charge on any atom is -0.338 e. The van der Waals surface area contributed by atoms with Crippen LogP contribution in [-0.4, -0.2) is 15.5 Å². The number of nitrogens with one attached hydrogen (secondary N) is 1. The third kappa shape index (κ3) is 4.31. The highest BCUT2D eigenvalue weighted by molar-refractivity contribution is 6.30. The van der Waals surface area contributed by atoms with E-state index in [4.69, 9.17) is 11.6 Å². The molecule has 0 spiro atoms. The van der Waals surface area contributed by atoms with Crippen molar-refractivity contribution >= 4 is 17.5 Å². The van der Waals surface area contributed by atoms with Crippen molar-refractivity contribution in [2.75, 3.05) is 0 Å². The average molecular weight is 394 g/mol. The minimum absolute atomic E-state index is 0.121. The summed E-state index contributed by atoms with van der Waals surface area (Å²) in [6.07, 6.45) is -1.11. The van der Waals surface area contributed by atoms with Crippen molar-refractivity contribution in [2.45, 2.75) is 12.2 Å². The van der Waals surface area contributed by atoms with Crippen LogP contribution in [0.25, 0.3) is 0 Å². The molecule has 1 atom stereocenters. The van der Waals surface area contributed by atoms with E-state index in [1.54, 1.807) is 48.3 Å². The van der Waals surface area contributed by atoms with E-state index in [1.807, 2.05) is 0 Å². The van der Waals surface area contributed by atoms with Crippen LogP contribution in [-0.2, 0) is 13.2 Å². The number of halogens is 4. The second-order valence-electron chi connectivity index (χ2n) is 5.93. The molecule has 0 radical (unpaired) electrons. The second-order valence-corrected chi connectivity index (χ2v) is 6.37. The van der Waals surface area contributed by atoms with Crippen molar-refractivity contribution < 1.29 is 18.0 Å². The number of nitrogens with zero attached hydrogens (tertiary/aromatic N) is 2. The maximum atomic E-state index is 12.7. The van der Waals surface area contributed by atoms with E-state index >= 15 is 0 Å². The first kappa shape index (κ1) is 19.0. The number of aryl methyl sites for hydroxylation is 1. The number of carbonyl (C=O) groups excluding carboxylic acids is 1. The summed E-state index contributed by atoms with van der Waals surface area (Å²) in [6.45, 7) is 0. The standard InChI is InChI=1S/C19H15ClF3N3O/c1-26-11-10-24-17(26)16(12-4-8-15(20)9-5-12)25-18(27)13-2-6-14(7-3-13)19(21,22)23/h2-11,16H,1H3,(H,25,27). The van der Waals surface area contributed by atoms with Gasteiger partial charge in [0.25, 0.3) is 5.91 Å². The fourth-order valence-electron chi connectivity index (χ4n) is 2.63. The number of benzene rings is 2. The van der Waals surface area contributed by atoms with E-state index in [9.17, 15) is 18.0 Å². The maximum absolute atomic E-state index is 12.7. The Morgan fingerprint density at radius 2 is 1.74 bits per heavy atom. The summed E-state index contributed by atoms with van der Waals surface area (Å²) in [7, 11) is 1.79. The lowest BCUT2D eigenvalue weighted by Gasteiger charge is -2.19. The van der Waals surface area contributed by atoms with Gasteiger partial charge in [-0.3, -0.25) is 4.79 Å². The molecule has 140 valence electrons. The molecule has 1 aromatic heterocycles. The molecule has 0 fully saturated rings. The summed E-state index contributed by atoms with van der Waals surface area (Å²) in [6, 6.07) is 10.4. The van der Waals surface area contributed by atoms with Crippen LogP contribution in [0.5, 0.6) is 0 Å². The van der Waals surface area contributed by atoms with Gasteiger partial charge >= 0.3 is 6.18 Å². The van der Waals surface area contributed by atoms with Crippen LogP contribution in [0.1, 0.15) is 33.4 Å². The summed E-state index contributed by atoms with van der Waals surface area (Å²) < 4.78 is 39.8. The molecule has 27 heavy (non-hydrogen) atoms. The molecule has 3 rings (SSSR count). The number of alkyl halides is 3. The topological polar surface area (TPSA) is 46.9 Å². The highest BCUT2D eigenvalue weighted by Crippen LogP contribution is 2.29. The monoisotopic (exact) mass is 393 g/mol. The molecular formula is C19H15ClF3N3O. The van der Waals surface area contributed by atoms with Gasteiger partial charge in [0.05, 0.1) is 5.56 Å². The molecule has 1 amide bonds. The van der Waals surface area contributed by atoms with Gasteiger partial charge in [0.1, 0.15) is 11.9 Å². The van der Waals surface area contributed by atoms with Crippen LogP contribution in [0.3, 0.4) is 0 Å². The molecule has 0 saturated heterocycles. The summed E-state index contributed by atoms with van der Waals surface area (Å²) in [5, 5.41) is 3.37. The molecular weight excluding hydrogens is 379 g/mol. The van der Waals surface area contributed by atoms with Gasteiger partial charge in [-0.15, -0.1) is 0 Å². The van der Waals surface area contributed by atoms with Gasteiger partial charge in [-0.25, -0.2) is 4.98 Å². The van der Waals surface area contributed by atoms with Gasteiger partial charge < -0.3 is 9.88 Å². The largest absolute Gasteiger partial charge is 0.416 e. The van der Waals surface area contributed by atoms with Crippen molar-refractivity contribution in [1.82, 2.24) is 14.9 Å². The maximum Gasteiger partial charge on any atom is 0.416 e. The van der Waals surface area contributed by atoms with Gasteiger partial charge in [-0.1, -0.05) is 23.7 Å². The Labute approximate surface area is 158 Å². The number of aromatic nitrogens is 2. The third-order valence-corrected chi connectivity index (χ3v) is 4.32. The molecule has 0 aliphatic carbocycles. The van der Waals surface area contributed by atoms with Crippen molar-refractivity contribution in [3.05, 3.63) is 88.5 Å². The Bertz CT molecular complexity index is 934. The number of rotatable bonds is 4. The molecule has 4 nitrogen and oxygen atoms in total. The molecule has 0 bridgehead atoms. The Morgan fingerprint density at radius 3 is 2.26 bits per heavy atom. The number of carbonyl (C=O) groups is 1. The molecule has 2 aromatic carbocycles. The molecule has 8 heteroatoms. The van der Waals surface area contributed by atoms with Crippen LogP contribution in [0, 0.1) is 0 Å². The Balaban J connectivity index is 1.89. The van der Waals surface area contributed by atoms with Crippen LogP contribution in [0.15, 0.2) is 60.9 Å². The SMILES string of the molecule is Cn1ccnc1C(NC(=O)c1ccc(C(F)(F)F)cc1)c1ccc(Cl)cc1. The first-order valence-electron chi connectivity index (χ1n) is 7.96. The van der Waals surface area contributed by atoms with Crippen molar-refractivity contribution in [1.29, 1.82) is 0 Å². The van der Waals surface area contributed by atoms with E-state index < -0.39 is 23.7 Å². The Kier molecular flexibility index (Phi) is 5.23. The van der Waals surface area contributed by atoms with Crippen LogP contribution in [0.2, 0.25) is 5.02 Å². The van der Waals surface area contributed by atoms with Crippen LogP contribution < -0.4 is 5.32 Å². The highest BCUT2D eigenvalue weighted by Gasteiger charge is 2.30. The molecule has 1 heterocycles. The predicted octanol–water partition coefficient (Wildman–Crippen LogP) is 4.61. The smallest absolute Gasteiger partial charge is 0.338 e. The number of hydrogen-bond donors (Lipinski definition) is 1. The minimum atomic E-state index is -4.45. The zero-order valence-corrected chi connectivity index (χ0v) is 14.9. The average Bonchev–Trinajstić information content (AvgIpc) is 3.05. The quantitative estimate of drug-likeness (QED) is 0.703. The first-order chi connectivity index (χ1) is 12.8. The summed E-state index contributed by atoms with van der Waals surface area (Å²) in [5.41, 5.74) is 0.0579. The lowest BCUT2D eigenvalue weighted by Crippen LogP contribution is -2.31. The number of hydrogen-bond acceptors (Lipinski definition) is 2. The Hall–Kier alpha value is -2.80. The zero-order valence-electron chi connectivity index (χ0n) is 14.2. The van der Waals surface area contributed by atoms with Crippen molar-refractivity contribution in [3.63, 3.8) is 0 Å². The number of imidazole rings is 1. The van der Waals surface area contributed by atoms with Gasteiger partial charge in [-0.05, 0) is 42.0 Å². The summed E-state index contributed by atoms with van der Waals surface area (Å²) >= 11 is 5.93. The molecule has 0 saturated carbocycles. The number of amides is 1. The van der Waals surface area contributed by atoms with E-state index in [0.29, 0.717) is 10.8 Å². The summed E-state index contributed by atoms with van der Waals surface area (Å²) in [4.78, 5) is 16.9. The zero-order chi connectivity index (χ0) is 19.6. The van der Waals surface area contributed by atoms with Crippen molar-refractivity contribution in [2.24, 2.45) is 7.05 Å². The lowest BCUT2D eigenvalue weighted by molar-refractivity contribution is -0.137. The van der Waals surface area contributed by atoms with Crippen LogP contribution >= 0.6 is 11.6 Å². The molecule has 3 aromatic rings. The molecule has 1 N–H and O–H groups in total. The second kappa shape index (κ2) is 7.44. The predicted molar refractivity (Wildman–Crippen MR) is 95.4 cm³/mol. The lowest BCUT2D eigenvalue weighted by atomic mass is 10.0. The van der Waals surface area contributed by atoms with E-state index in [1.165, 1.54) is 0 Å². The van der Waals surface area contributed by atoms with Crippen molar-refractivity contribution in [3.8, 4) is 0 Å².